The van der Waals surface area contributed by atoms with Crippen molar-refractivity contribution in [2.24, 2.45) is 0 Å². The van der Waals surface area contributed by atoms with E-state index in [-0.39, 0.29) is 24.6 Å². The fourth-order valence-electron chi connectivity index (χ4n) is 2.73. The van der Waals surface area contributed by atoms with Crippen LogP contribution < -0.4 is 16.0 Å². The van der Waals surface area contributed by atoms with E-state index < -0.39 is 24.0 Å². The minimum atomic E-state index is -5.12. The third-order valence-corrected chi connectivity index (χ3v) is 4.24. The molecule has 0 aliphatic rings. The monoisotopic (exact) mass is 437 g/mol. The van der Waals surface area contributed by atoms with Gasteiger partial charge in [0, 0.05) is 25.6 Å². The molecule has 2 aromatic rings. The molecule has 4 N–H and O–H groups in total. The maximum absolute atomic E-state index is 12.6. The first-order valence-corrected chi connectivity index (χ1v) is 9.34. The molecular formula is C21H22F3N3O4. The lowest BCUT2D eigenvalue weighted by atomic mass is 10.0. The lowest BCUT2D eigenvalue weighted by Gasteiger charge is -2.19. The number of phenols is 1. The van der Waals surface area contributed by atoms with Crippen molar-refractivity contribution in [1.82, 2.24) is 10.6 Å². The van der Waals surface area contributed by atoms with Crippen LogP contribution in [-0.4, -0.2) is 41.6 Å². The Hall–Kier alpha value is -3.56. The molecule has 0 aromatic heterocycles. The number of hydrogen-bond acceptors (Lipinski definition) is 4. The molecular weight excluding hydrogens is 415 g/mol. The Morgan fingerprint density at radius 1 is 0.968 bits per heavy atom. The highest BCUT2D eigenvalue weighted by atomic mass is 19.4. The van der Waals surface area contributed by atoms with Gasteiger partial charge in [0.1, 0.15) is 11.8 Å². The highest BCUT2D eigenvalue weighted by Crippen LogP contribution is 2.16. The van der Waals surface area contributed by atoms with E-state index in [1.165, 1.54) is 31.2 Å². The molecule has 0 aliphatic heterocycles. The second-order valence-corrected chi connectivity index (χ2v) is 6.81. The van der Waals surface area contributed by atoms with Crippen molar-refractivity contribution >= 4 is 23.4 Å². The molecule has 10 heteroatoms. The standard InChI is InChI=1S/C21H22F3N3O4/c1-13(28)26-16-6-2-14(3-7-16)10-11-25-19(30)18(27-20(31)21(22,23)24)12-15-4-8-17(29)9-5-15/h2-9,18,29H,10-12H2,1H3,(H,25,30)(H,26,28)(H,27,31)/t18-/m0/s1. The van der Waals surface area contributed by atoms with E-state index in [1.54, 1.807) is 29.6 Å². The average Bonchev–Trinajstić information content (AvgIpc) is 2.69. The number of phenolic OH excluding ortho intramolecular Hbond substituents is 1. The summed E-state index contributed by atoms with van der Waals surface area (Å²) in [4.78, 5) is 34.8. The quantitative estimate of drug-likeness (QED) is 0.508. The number of anilines is 1. The summed E-state index contributed by atoms with van der Waals surface area (Å²) in [6, 6.07) is 11.0. The van der Waals surface area contributed by atoms with Crippen molar-refractivity contribution in [3.05, 3.63) is 59.7 Å². The van der Waals surface area contributed by atoms with E-state index in [0.717, 1.165) is 5.56 Å². The van der Waals surface area contributed by atoms with Crippen LogP contribution in [0.5, 0.6) is 5.75 Å². The topological polar surface area (TPSA) is 108 Å². The molecule has 2 aromatic carbocycles. The Kier molecular flexibility index (Phi) is 8.00. The third-order valence-electron chi connectivity index (χ3n) is 4.24. The van der Waals surface area contributed by atoms with Crippen LogP contribution in [0.15, 0.2) is 48.5 Å². The highest BCUT2D eigenvalue weighted by molar-refractivity contribution is 5.90. The summed E-state index contributed by atoms with van der Waals surface area (Å²) in [5, 5.41) is 16.2. The Bertz CT molecular complexity index is 913. The van der Waals surface area contributed by atoms with Gasteiger partial charge < -0.3 is 21.1 Å². The van der Waals surface area contributed by atoms with Crippen LogP contribution in [0, 0.1) is 0 Å². The number of rotatable bonds is 8. The van der Waals surface area contributed by atoms with Gasteiger partial charge in [-0.3, -0.25) is 14.4 Å². The van der Waals surface area contributed by atoms with Gasteiger partial charge in [-0.1, -0.05) is 24.3 Å². The van der Waals surface area contributed by atoms with Crippen LogP contribution in [0.1, 0.15) is 18.1 Å². The lowest BCUT2D eigenvalue weighted by molar-refractivity contribution is -0.174. The second-order valence-electron chi connectivity index (χ2n) is 6.81. The van der Waals surface area contributed by atoms with Gasteiger partial charge in [0.2, 0.25) is 11.8 Å². The second kappa shape index (κ2) is 10.5. The summed E-state index contributed by atoms with van der Waals surface area (Å²) in [6.45, 7) is 1.52. The fourth-order valence-corrected chi connectivity index (χ4v) is 2.73. The van der Waals surface area contributed by atoms with Gasteiger partial charge >= 0.3 is 12.1 Å². The van der Waals surface area contributed by atoms with Gasteiger partial charge in [0.15, 0.2) is 0 Å². The van der Waals surface area contributed by atoms with Crippen LogP contribution >= 0.6 is 0 Å². The smallest absolute Gasteiger partial charge is 0.471 e. The first kappa shape index (κ1) is 23.7. The SMILES string of the molecule is CC(=O)Nc1ccc(CCNC(=O)[C@H](Cc2ccc(O)cc2)NC(=O)C(F)(F)F)cc1. The molecule has 166 valence electrons. The van der Waals surface area contributed by atoms with Crippen molar-refractivity contribution < 1.29 is 32.7 Å². The molecule has 0 saturated heterocycles. The highest BCUT2D eigenvalue weighted by Gasteiger charge is 2.40. The molecule has 2 rings (SSSR count). The predicted octanol–water partition coefficient (Wildman–Crippen LogP) is 2.30. The van der Waals surface area contributed by atoms with Crippen LogP contribution in [0.2, 0.25) is 0 Å². The summed E-state index contributed by atoms with van der Waals surface area (Å²) in [5.41, 5.74) is 1.92. The number of carbonyl (C=O) groups excluding carboxylic acids is 3. The lowest BCUT2D eigenvalue weighted by Crippen LogP contribution is -2.51. The molecule has 0 radical (unpaired) electrons. The summed E-state index contributed by atoms with van der Waals surface area (Å²) < 4.78 is 37.9. The Labute approximate surface area is 176 Å². The molecule has 0 bridgehead atoms. The van der Waals surface area contributed by atoms with Crippen LogP contribution in [0.3, 0.4) is 0 Å². The van der Waals surface area contributed by atoms with Crippen LogP contribution in [-0.2, 0) is 27.2 Å². The number of amides is 3. The number of aromatic hydroxyl groups is 1. The van der Waals surface area contributed by atoms with E-state index in [4.69, 9.17) is 0 Å². The first-order chi connectivity index (χ1) is 14.5. The number of carbonyl (C=O) groups is 3. The zero-order valence-corrected chi connectivity index (χ0v) is 16.6. The van der Waals surface area contributed by atoms with Gasteiger partial charge in [0.05, 0.1) is 0 Å². The van der Waals surface area contributed by atoms with Gasteiger partial charge in [-0.15, -0.1) is 0 Å². The summed E-state index contributed by atoms with van der Waals surface area (Å²) in [6.07, 6.45) is -4.91. The Balaban J connectivity index is 1.98. The maximum Gasteiger partial charge on any atom is 0.471 e. The zero-order valence-electron chi connectivity index (χ0n) is 16.6. The van der Waals surface area contributed by atoms with Crippen molar-refractivity contribution in [1.29, 1.82) is 0 Å². The molecule has 3 amide bonds. The minimum absolute atomic E-state index is 0.0337. The van der Waals surface area contributed by atoms with Crippen molar-refractivity contribution in [2.45, 2.75) is 32.0 Å². The summed E-state index contributed by atoms with van der Waals surface area (Å²) >= 11 is 0. The van der Waals surface area contributed by atoms with Gasteiger partial charge in [-0.25, -0.2) is 0 Å². The van der Waals surface area contributed by atoms with Crippen LogP contribution in [0.4, 0.5) is 18.9 Å². The minimum Gasteiger partial charge on any atom is -0.508 e. The van der Waals surface area contributed by atoms with Crippen molar-refractivity contribution in [3.63, 3.8) is 0 Å². The predicted molar refractivity (Wildman–Crippen MR) is 107 cm³/mol. The summed E-state index contributed by atoms with van der Waals surface area (Å²) in [7, 11) is 0. The van der Waals surface area contributed by atoms with Gasteiger partial charge in [0.25, 0.3) is 0 Å². The molecule has 0 unspecified atom stereocenters. The number of alkyl halides is 3. The number of benzene rings is 2. The zero-order chi connectivity index (χ0) is 23.0. The largest absolute Gasteiger partial charge is 0.508 e. The van der Waals surface area contributed by atoms with E-state index in [2.05, 4.69) is 10.6 Å². The van der Waals surface area contributed by atoms with E-state index in [0.29, 0.717) is 17.7 Å². The van der Waals surface area contributed by atoms with E-state index in [1.807, 2.05) is 0 Å². The van der Waals surface area contributed by atoms with Crippen molar-refractivity contribution in [2.75, 3.05) is 11.9 Å². The Morgan fingerprint density at radius 3 is 2.10 bits per heavy atom. The number of halogens is 3. The third kappa shape index (κ3) is 8.00. The molecule has 0 saturated carbocycles. The normalized spacial score (nSPS) is 12.0. The molecule has 31 heavy (non-hydrogen) atoms. The molecule has 0 aliphatic carbocycles. The summed E-state index contributed by atoms with van der Waals surface area (Å²) in [5.74, 6) is -3.21. The van der Waals surface area contributed by atoms with E-state index >= 15 is 0 Å². The first-order valence-electron chi connectivity index (χ1n) is 9.34. The number of nitrogens with one attached hydrogen (secondary N) is 3. The van der Waals surface area contributed by atoms with Gasteiger partial charge in [-0.2, -0.15) is 13.2 Å². The van der Waals surface area contributed by atoms with Crippen molar-refractivity contribution in [3.8, 4) is 5.75 Å². The maximum atomic E-state index is 12.6. The van der Waals surface area contributed by atoms with Gasteiger partial charge in [-0.05, 0) is 41.8 Å². The van der Waals surface area contributed by atoms with Crippen LogP contribution in [0.25, 0.3) is 0 Å². The fraction of sp³-hybridized carbons (Fsp3) is 0.286. The Morgan fingerprint density at radius 2 is 1.55 bits per heavy atom. The molecule has 0 spiro atoms. The number of hydrogen-bond donors (Lipinski definition) is 4. The molecule has 0 fully saturated rings. The molecule has 7 nitrogen and oxygen atoms in total. The molecule has 0 heterocycles. The molecule has 1 atom stereocenters. The van der Waals surface area contributed by atoms with E-state index in [9.17, 15) is 32.7 Å². The average molecular weight is 437 g/mol.